The molecule has 5 heterocycles. The average Bonchev–Trinajstić information content (AvgIpc) is 3.62. The fourth-order valence-corrected chi connectivity index (χ4v) is 6.45. The Bertz CT molecular complexity index is 2090. The Kier molecular flexibility index (Phi) is 5.24. The SMILES string of the molecule is c1ccc(-c2nc3ccc4c5ccccc5n(-c5cc(-c6ccccn6)nc(-c6ccccn6)c5)c4c3s2)cc1. The Hall–Kier alpha value is -5.20. The first-order valence-electron chi connectivity index (χ1n) is 13.1. The maximum Gasteiger partial charge on any atom is 0.124 e. The lowest BCUT2D eigenvalue weighted by Gasteiger charge is -2.12. The number of thiazole rings is 1. The second-order valence-electron chi connectivity index (χ2n) is 9.57. The number of pyridine rings is 3. The van der Waals surface area contributed by atoms with Gasteiger partial charge in [0, 0.05) is 28.7 Å². The van der Waals surface area contributed by atoms with E-state index in [-0.39, 0.29) is 0 Å². The third-order valence-corrected chi connectivity index (χ3v) is 8.26. The van der Waals surface area contributed by atoms with Gasteiger partial charge in [0.25, 0.3) is 0 Å². The van der Waals surface area contributed by atoms with Crippen LogP contribution in [-0.2, 0) is 0 Å². The number of fused-ring (bicyclic) bond motifs is 5. The van der Waals surface area contributed by atoms with Crippen LogP contribution >= 0.6 is 11.3 Å². The lowest BCUT2D eigenvalue weighted by molar-refractivity contribution is 1.15. The predicted molar refractivity (Wildman–Crippen MR) is 164 cm³/mol. The minimum absolute atomic E-state index is 0.797. The molecule has 6 heteroatoms. The van der Waals surface area contributed by atoms with Crippen LogP contribution in [0.5, 0.6) is 0 Å². The van der Waals surface area contributed by atoms with Crippen LogP contribution in [0.25, 0.3) is 71.1 Å². The highest BCUT2D eigenvalue weighted by atomic mass is 32.1. The van der Waals surface area contributed by atoms with Crippen LogP contribution in [0.4, 0.5) is 0 Å². The van der Waals surface area contributed by atoms with Crippen molar-refractivity contribution in [3.05, 3.63) is 128 Å². The van der Waals surface area contributed by atoms with E-state index in [0.29, 0.717) is 0 Å². The highest BCUT2D eigenvalue weighted by molar-refractivity contribution is 7.22. The molecule has 8 aromatic rings. The Balaban J connectivity index is 1.47. The van der Waals surface area contributed by atoms with Crippen molar-refractivity contribution in [2.45, 2.75) is 0 Å². The van der Waals surface area contributed by atoms with Gasteiger partial charge in [0.15, 0.2) is 0 Å². The molecule has 0 aliphatic carbocycles. The van der Waals surface area contributed by atoms with E-state index in [1.807, 2.05) is 42.5 Å². The van der Waals surface area contributed by atoms with Crippen LogP contribution in [-0.4, -0.2) is 24.5 Å². The number of nitrogens with zero attached hydrogens (tertiary/aromatic N) is 5. The fraction of sp³-hybridized carbons (Fsp3) is 0. The number of rotatable bonds is 4. The van der Waals surface area contributed by atoms with Crippen LogP contribution < -0.4 is 0 Å². The normalized spacial score (nSPS) is 11.5. The molecule has 0 amide bonds. The van der Waals surface area contributed by atoms with Gasteiger partial charge >= 0.3 is 0 Å². The van der Waals surface area contributed by atoms with Gasteiger partial charge in [-0.3, -0.25) is 9.97 Å². The Morgan fingerprint density at radius 1 is 0.550 bits per heavy atom. The highest BCUT2D eigenvalue weighted by Gasteiger charge is 2.19. The monoisotopic (exact) mass is 531 g/mol. The third kappa shape index (κ3) is 3.69. The standard InChI is InChI=1S/C34H21N5S/c1-2-10-22(11-3-1)34-38-28-17-16-25-24-12-4-5-15-31(24)39(32(25)33(28)40-34)23-20-29(26-13-6-8-18-35-26)37-30(21-23)27-14-7-9-19-36-27/h1-21H. The molecule has 5 aromatic heterocycles. The quantitative estimate of drug-likeness (QED) is 0.228. The molecule has 0 aliphatic heterocycles. The van der Waals surface area contributed by atoms with Crippen molar-refractivity contribution < 1.29 is 0 Å². The minimum atomic E-state index is 0.797. The fourth-order valence-electron chi connectivity index (χ4n) is 5.34. The van der Waals surface area contributed by atoms with Gasteiger partial charge in [0.05, 0.1) is 49.7 Å². The first-order valence-corrected chi connectivity index (χ1v) is 13.9. The molecular weight excluding hydrogens is 510 g/mol. The van der Waals surface area contributed by atoms with Gasteiger partial charge < -0.3 is 4.57 Å². The number of hydrogen-bond donors (Lipinski definition) is 0. The molecule has 188 valence electrons. The van der Waals surface area contributed by atoms with Crippen molar-refractivity contribution in [3.63, 3.8) is 0 Å². The zero-order valence-corrected chi connectivity index (χ0v) is 22.1. The van der Waals surface area contributed by atoms with Crippen molar-refractivity contribution >= 4 is 43.4 Å². The Morgan fingerprint density at radius 3 is 1.93 bits per heavy atom. The predicted octanol–water partition coefficient (Wildman–Crippen LogP) is 8.58. The molecule has 40 heavy (non-hydrogen) atoms. The maximum atomic E-state index is 5.04. The van der Waals surface area contributed by atoms with E-state index in [1.54, 1.807) is 23.7 Å². The zero-order valence-electron chi connectivity index (χ0n) is 21.3. The summed E-state index contributed by atoms with van der Waals surface area (Å²) in [6, 6.07) is 39.4. The molecule has 3 aromatic carbocycles. The van der Waals surface area contributed by atoms with E-state index in [4.69, 9.17) is 9.97 Å². The van der Waals surface area contributed by atoms with Crippen molar-refractivity contribution in [2.24, 2.45) is 0 Å². The van der Waals surface area contributed by atoms with E-state index in [9.17, 15) is 0 Å². The summed E-state index contributed by atoms with van der Waals surface area (Å²) in [7, 11) is 0. The average molecular weight is 532 g/mol. The second-order valence-corrected chi connectivity index (χ2v) is 10.6. The molecule has 0 radical (unpaired) electrons. The molecule has 5 nitrogen and oxygen atoms in total. The summed E-state index contributed by atoms with van der Waals surface area (Å²) in [6.07, 6.45) is 3.60. The van der Waals surface area contributed by atoms with Crippen molar-refractivity contribution in [3.8, 4) is 39.0 Å². The third-order valence-electron chi connectivity index (χ3n) is 7.13. The first-order chi connectivity index (χ1) is 19.8. The van der Waals surface area contributed by atoms with Gasteiger partial charge in [-0.25, -0.2) is 9.97 Å². The summed E-state index contributed by atoms with van der Waals surface area (Å²) >= 11 is 1.73. The molecule has 0 saturated heterocycles. The number of para-hydroxylation sites is 1. The zero-order chi connectivity index (χ0) is 26.5. The van der Waals surface area contributed by atoms with Gasteiger partial charge in [-0.15, -0.1) is 11.3 Å². The Morgan fingerprint density at radius 2 is 1.23 bits per heavy atom. The molecule has 0 aliphatic rings. The van der Waals surface area contributed by atoms with Crippen molar-refractivity contribution in [1.82, 2.24) is 24.5 Å². The van der Waals surface area contributed by atoms with Crippen molar-refractivity contribution in [2.75, 3.05) is 0 Å². The topological polar surface area (TPSA) is 56.5 Å². The molecule has 0 bridgehead atoms. The number of hydrogen-bond acceptors (Lipinski definition) is 5. The maximum absolute atomic E-state index is 5.04. The van der Waals surface area contributed by atoms with Crippen molar-refractivity contribution in [1.29, 1.82) is 0 Å². The summed E-state index contributed by atoms with van der Waals surface area (Å²) in [5.41, 5.74) is 8.62. The summed E-state index contributed by atoms with van der Waals surface area (Å²) in [6.45, 7) is 0. The van der Waals surface area contributed by atoms with Gasteiger partial charge in [-0.05, 0) is 54.6 Å². The molecular formula is C34H21N5S. The van der Waals surface area contributed by atoms with Gasteiger partial charge in [0.2, 0.25) is 0 Å². The summed E-state index contributed by atoms with van der Waals surface area (Å²) in [5, 5.41) is 3.41. The molecule has 0 atom stereocenters. The molecule has 8 rings (SSSR count). The van der Waals surface area contributed by atoms with Gasteiger partial charge in [0.1, 0.15) is 5.01 Å². The van der Waals surface area contributed by atoms with E-state index >= 15 is 0 Å². The van der Waals surface area contributed by atoms with Gasteiger partial charge in [-0.1, -0.05) is 60.7 Å². The van der Waals surface area contributed by atoms with Crippen LogP contribution in [0.15, 0.2) is 128 Å². The van der Waals surface area contributed by atoms with Gasteiger partial charge in [-0.2, -0.15) is 0 Å². The summed E-state index contributed by atoms with van der Waals surface area (Å²) < 4.78 is 3.50. The van der Waals surface area contributed by atoms with Crippen LogP contribution in [0.3, 0.4) is 0 Å². The van der Waals surface area contributed by atoms with E-state index in [2.05, 4.69) is 87.3 Å². The molecule has 0 spiro atoms. The number of aromatic nitrogens is 5. The smallest absolute Gasteiger partial charge is 0.124 e. The van der Waals surface area contributed by atoms with Crippen LogP contribution in [0.1, 0.15) is 0 Å². The molecule has 0 N–H and O–H groups in total. The van der Waals surface area contributed by atoms with E-state index in [0.717, 1.165) is 60.3 Å². The van der Waals surface area contributed by atoms with E-state index < -0.39 is 0 Å². The number of benzene rings is 3. The Labute approximate surface area is 234 Å². The summed E-state index contributed by atoms with van der Waals surface area (Å²) in [5.74, 6) is 0. The lowest BCUT2D eigenvalue weighted by Crippen LogP contribution is -1.99. The first kappa shape index (κ1) is 22.8. The minimum Gasteiger partial charge on any atom is -0.308 e. The molecule has 0 fully saturated rings. The van der Waals surface area contributed by atoms with E-state index in [1.165, 1.54) is 10.8 Å². The second kappa shape index (κ2) is 9.22. The molecule has 0 unspecified atom stereocenters. The largest absolute Gasteiger partial charge is 0.308 e. The molecule has 0 saturated carbocycles. The highest BCUT2D eigenvalue weighted by Crippen LogP contribution is 2.41. The summed E-state index contributed by atoms with van der Waals surface area (Å²) in [4.78, 5) is 19.3. The van der Waals surface area contributed by atoms with Crippen LogP contribution in [0, 0.1) is 0 Å². The lowest BCUT2D eigenvalue weighted by atomic mass is 10.1. The van der Waals surface area contributed by atoms with Crippen LogP contribution in [0.2, 0.25) is 0 Å².